The molecule has 0 spiro atoms. The van der Waals surface area contributed by atoms with Gasteiger partial charge in [-0.2, -0.15) is 0 Å². The van der Waals surface area contributed by atoms with Crippen molar-refractivity contribution < 1.29 is 18.9 Å². The third kappa shape index (κ3) is 6.75. The number of hydrogen-bond donors (Lipinski definition) is 0. The standard InChI is InChI=1S/C19H23Br4O4PSi/c1-24-10-26-18-14(22)6-12(20)8-16(18)28(29(3,4)5)17-9-13(21)7-15(23)19(17)27-11-25-2/h6-9H,10-11H2,1-5H3. The van der Waals surface area contributed by atoms with E-state index < -0.39 is 15.2 Å². The lowest BCUT2D eigenvalue weighted by Crippen LogP contribution is -2.32. The summed E-state index contributed by atoms with van der Waals surface area (Å²) in [6, 6.07) is 8.28. The van der Waals surface area contributed by atoms with Crippen LogP contribution in [0.1, 0.15) is 0 Å². The van der Waals surface area contributed by atoms with Crippen LogP contribution in [0.15, 0.2) is 42.2 Å². The molecule has 0 saturated carbocycles. The number of rotatable bonds is 9. The SMILES string of the molecule is COCOc1c(Br)cc(Br)cc1P(c1cc(Br)cc(Br)c1OCOC)[Si](C)(C)C. The fourth-order valence-electron chi connectivity index (χ4n) is 2.80. The monoisotopic (exact) mass is 690 g/mol. The molecule has 2 aromatic rings. The van der Waals surface area contributed by atoms with Crippen molar-refractivity contribution in [2.45, 2.75) is 19.6 Å². The molecule has 0 heterocycles. The van der Waals surface area contributed by atoms with Crippen LogP contribution in [0.5, 0.6) is 11.5 Å². The molecule has 0 aliphatic carbocycles. The summed E-state index contributed by atoms with van der Waals surface area (Å²) in [5.74, 6) is 1.61. The third-order valence-electron chi connectivity index (χ3n) is 3.77. The quantitative estimate of drug-likeness (QED) is 0.162. The van der Waals surface area contributed by atoms with Gasteiger partial charge >= 0.3 is 0 Å². The number of methoxy groups -OCH3 is 2. The highest BCUT2D eigenvalue weighted by molar-refractivity contribution is 9.11. The van der Waals surface area contributed by atoms with Crippen LogP contribution in [-0.4, -0.2) is 35.5 Å². The Kier molecular flexibility index (Phi) is 10.1. The van der Waals surface area contributed by atoms with E-state index >= 15 is 0 Å². The van der Waals surface area contributed by atoms with Crippen LogP contribution in [-0.2, 0) is 9.47 Å². The minimum Gasteiger partial charge on any atom is -0.466 e. The molecule has 0 N–H and O–H groups in total. The molecule has 0 unspecified atom stereocenters. The molecule has 0 fully saturated rings. The van der Waals surface area contributed by atoms with Crippen LogP contribution in [0.3, 0.4) is 0 Å². The smallest absolute Gasteiger partial charge is 0.188 e. The van der Waals surface area contributed by atoms with Crippen molar-refractivity contribution >= 4 is 89.5 Å². The van der Waals surface area contributed by atoms with Crippen molar-refractivity contribution in [3.05, 3.63) is 42.2 Å². The Hall–Kier alpha value is 0.527. The first-order chi connectivity index (χ1) is 13.6. The van der Waals surface area contributed by atoms with Crippen molar-refractivity contribution in [2.24, 2.45) is 0 Å². The molecule has 0 aliphatic rings. The highest BCUT2D eigenvalue weighted by Crippen LogP contribution is 2.52. The molecule has 0 radical (unpaired) electrons. The van der Waals surface area contributed by atoms with Gasteiger partial charge in [-0.05, 0) is 56.1 Å². The minimum atomic E-state index is -1.76. The Morgan fingerprint density at radius 2 is 1.10 bits per heavy atom. The first-order valence-corrected chi connectivity index (χ1v) is 17.5. The van der Waals surface area contributed by atoms with E-state index in [1.54, 1.807) is 14.2 Å². The van der Waals surface area contributed by atoms with Crippen LogP contribution >= 0.6 is 71.2 Å². The molecule has 10 heteroatoms. The molecule has 2 rings (SSSR count). The van der Waals surface area contributed by atoms with E-state index in [1.165, 1.54) is 0 Å². The first-order valence-electron chi connectivity index (χ1n) is 8.62. The van der Waals surface area contributed by atoms with Crippen molar-refractivity contribution in [3.8, 4) is 11.5 Å². The average molecular weight is 694 g/mol. The lowest BCUT2D eigenvalue weighted by atomic mass is 10.3. The lowest BCUT2D eigenvalue weighted by Gasteiger charge is -2.33. The van der Waals surface area contributed by atoms with Gasteiger partial charge in [0.1, 0.15) is 11.5 Å². The van der Waals surface area contributed by atoms with Gasteiger partial charge in [0.2, 0.25) is 0 Å². The van der Waals surface area contributed by atoms with Crippen molar-refractivity contribution in [1.82, 2.24) is 0 Å². The molecule has 0 amide bonds. The van der Waals surface area contributed by atoms with E-state index in [2.05, 4.69) is 95.5 Å². The van der Waals surface area contributed by atoms with Gasteiger partial charge < -0.3 is 18.9 Å². The summed E-state index contributed by atoms with van der Waals surface area (Å²) in [5, 5.41) is 2.29. The Morgan fingerprint density at radius 1 is 0.724 bits per heavy atom. The molecule has 0 bridgehead atoms. The summed E-state index contributed by atoms with van der Waals surface area (Å²) < 4.78 is 26.1. The maximum Gasteiger partial charge on any atom is 0.188 e. The minimum absolute atomic E-state index is 0.178. The predicted molar refractivity (Wildman–Crippen MR) is 138 cm³/mol. The Labute approximate surface area is 208 Å². The number of halogens is 4. The van der Waals surface area contributed by atoms with Crippen molar-refractivity contribution in [2.75, 3.05) is 27.8 Å². The van der Waals surface area contributed by atoms with Crippen LogP contribution in [0.2, 0.25) is 19.6 Å². The van der Waals surface area contributed by atoms with Gasteiger partial charge in [-0.1, -0.05) is 59.0 Å². The first kappa shape index (κ1) is 25.8. The molecule has 2 aromatic carbocycles. The summed E-state index contributed by atoms with van der Waals surface area (Å²) in [6.45, 7) is 7.45. The number of hydrogen-bond acceptors (Lipinski definition) is 4. The summed E-state index contributed by atoms with van der Waals surface area (Å²) in [5.41, 5.74) is 0. The Balaban J connectivity index is 2.79. The van der Waals surface area contributed by atoms with E-state index in [0.717, 1.165) is 40.0 Å². The summed E-state index contributed by atoms with van der Waals surface area (Å²) >= 11 is 14.6. The van der Waals surface area contributed by atoms with Gasteiger partial charge in [0.25, 0.3) is 0 Å². The summed E-state index contributed by atoms with van der Waals surface area (Å²) in [4.78, 5) is 0. The van der Waals surface area contributed by atoms with Gasteiger partial charge in [-0.15, -0.1) is 0 Å². The lowest BCUT2D eigenvalue weighted by molar-refractivity contribution is 0.0513. The zero-order chi connectivity index (χ0) is 21.8. The molecule has 4 nitrogen and oxygen atoms in total. The van der Waals surface area contributed by atoms with Crippen molar-refractivity contribution in [3.63, 3.8) is 0 Å². The third-order valence-corrected chi connectivity index (χ3v) is 14.3. The van der Waals surface area contributed by atoms with Crippen LogP contribution < -0.4 is 20.1 Å². The average Bonchev–Trinajstić information content (AvgIpc) is 2.59. The molecular weight excluding hydrogens is 671 g/mol. The second kappa shape index (κ2) is 11.4. The molecule has 0 aliphatic heterocycles. The van der Waals surface area contributed by atoms with Gasteiger partial charge in [-0.25, -0.2) is 0 Å². The van der Waals surface area contributed by atoms with E-state index in [1.807, 2.05) is 12.1 Å². The molecule has 29 heavy (non-hydrogen) atoms. The Bertz CT molecular complexity index is 798. The van der Waals surface area contributed by atoms with E-state index in [9.17, 15) is 0 Å². The molecular formula is C19H23Br4O4PSi. The van der Waals surface area contributed by atoms with Crippen LogP contribution in [0.25, 0.3) is 0 Å². The van der Waals surface area contributed by atoms with Gasteiger partial charge in [0.15, 0.2) is 13.6 Å². The topological polar surface area (TPSA) is 36.9 Å². The number of ether oxygens (including phenoxy) is 4. The zero-order valence-electron chi connectivity index (χ0n) is 16.8. The van der Waals surface area contributed by atoms with Gasteiger partial charge in [-0.3, -0.25) is 0 Å². The fourth-order valence-corrected chi connectivity index (χ4v) is 14.5. The van der Waals surface area contributed by atoms with E-state index in [0.29, 0.717) is 0 Å². The normalized spacial score (nSPS) is 11.8. The highest BCUT2D eigenvalue weighted by Gasteiger charge is 2.35. The zero-order valence-corrected chi connectivity index (χ0v) is 25.1. The molecule has 0 aromatic heterocycles. The molecule has 0 atom stereocenters. The van der Waals surface area contributed by atoms with Gasteiger partial charge in [0.05, 0.1) is 16.7 Å². The second-order valence-electron chi connectivity index (χ2n) is 7.08. The molecule has 160 valence electrons. The van der Waals surface area contributed by atoms with Crippen LogP contribution in [0.4, 0.5) is 0 Å². The van der Waals surface area contributed by atoms with Crippen molar-refractivity contribution in [1.29, 1.82) is 0 Å². The largest absolute Gasteiger partial charge is 0.466 e. The summed E-state index contributed by atoms with van der Waals surface area (Å²) in [6.07, 6.45) is 0. The Morgan fingerprint density at radius 3 is 1.41 bits per heavy atom. The maximum absolute atomic E-state index is 6.01. The fraction of sp³-hybridized carbons (Fsp3) is 0.368. The highest BCUT2D eigenvalue weighted by atomic mass is 79.9. The van der Waals surface area contributed by atoms with E-state index in [4.69, 9.17) is 18.9 Å². The maximum atomic E-state index is 6.01. The molecule has 0 saturated heterocycles. The van der Waals surface area contributed by atoms with Gasteiger partial charge in [0, 0.05) is 33.8 Å². The predicted octanol–water partition coefficient (Wildman–Crippen LogP) is 6.97. The van der Waals surface area contributed by atoms with Crippen LogP contribution in [0, 0.1) is 0 Å². The summed E-state index contributed by atoms with van der Waals surface area (Å²) in [7, 11) is 0.707. The number of benzene rings is 2. The second-order valence-corrected chi connectivity index (χ2v) is 22.0. The van der Waals surface area contributed by atoms with E-state index in [-0.39, 0.29) is 13.6 Å².